The minimum Gasteiger partial charge on any atom is -0.366 e. The maximum absolute atomic E-state index is 15.7. The summed E-state index contributed by atoms with van der Waals surface area (Å²) in [7, 11) is -3.95. The van der Waals surface area contributed by atoms with Crippen molar-refractivity contribution in [2.45, 2.75) is 38.0 Å². The fourth-order valence-electron chi connectivity index (χ4n) is 4.37. The molecule has 2 aromatic carbocycles. The van der Waals surface area contributed by atoms with Crippen LogP contribution in [0, 0.1) is 12.7 Å². The number of hydrogen-bond donors (Lipinski definition) is 0. The first-order valence-corrected chi connectivity index (χ1v) is 13.1. The molecule has 1 amide bonds. The molecule has 1 heterocycles. The molecule has 1 aliphatic carbocycles. The molecule has 9 heteroatoms. The molecule has 1 saturated carbocycles. The predicted molar refractivity (Wildman–Crippen MR) is 130 cm³/mol. The molecule has 0 spiro atoms. The second kappa shape index (κ2) is 9.50. The zero-order chi connectivity index (χ0) is 23.8. The standard InChI is InChI=1S/C24H28ClFN3O3S/c1-17-10-11-22(28-14-12-27(13-15-28)18(2)30)24(23(17)26)29(20-7-5-8-20)33(31,32)16-19-6-3-4-9-21(19)25/h3-4,6,9-11,20H,1,5,7-8,12-16H2,2H3. The van der Waals surface area contributed by atoms with E-state index in [-0.39, 0.29) is 29.0 Å². The van der Waals surface area contributed by atoms with Gasteiger partial charge in [-0.15, -0.1) is 0 Å². The number of carbonyl (C=O) groups excluding carboxylic acids is 1. The van der Waals surface area contributed by atoms with Gasteiger partial charge in [-0.2, -0.15) is 0 Å². The number of sulfonamides is 1. The summed E-state index contributed by atoms with van der Waals surface area (Å²) < 4.78 is 44.4. The van der Waals surface area contributed by atoms with Crippen LogP contribution < -0.4 is 9.21 Å². The molecule has 1 radical (unpaired) electrons. The van der Waals surface area contributed by atoms with Crippen LogP contribution in [0.15, 0.2) is 36.4 Å². The summed E-state index contributed by atoms with van der Waals surface area (Å²) in [6.45, 7) is 7.28. The third-order valence-electron chi connectivity index (χ3n) is 6.46. The second-order valence-corrected chi connectivity index (χ2v) is 10.9. The molecule has 1 aliphatic heterocycles. The Morgan fingerprint density at radius 1 is 1.15 bits per heavy atom. The normalized spacial score (nSPS) is 17.1. The van der Waals surface area contributed by atoms with E-state index in [0.29, 0.717) is 55.3 Å². The SMILES string of the molecule is [CH2]c1ccc(N2CCN(C(C)=O)CC2)c(N(C2CCC2)S(=O)(=O)Cc2ccccc2Cl)c1F. The summed E-state index contributed by atoms with van der Waals surface area (Å²) in [6.07, 6.45) is 2.22. The molecule has 0 bridgehead atoms. The molecule has 1 saturated heterocycles. The average molecular weight is 493 g/mol. The van der Waals surface area contributed by atoms with Crippen LogP contribution in [0.3, 0.4) is 0 Å². The molecule has 0 N–H and O–H groups in total. The molecule has 0 unspecified atom stereocenters. The first kappa shape index (κ1) is 23.8. The van der Waals surface area contributed by atoms with Gasteiger partial charge in [0.15, 0.2) is 5.82 Å². The van der Waals surface area contributed by atoms with Crippen molar-refractivity contribution < 1.29 is 17.6 Å². The molecule has 4 rings (SSSR count). The highest BCUT2D eigenvalue weighted by molar-refractivity contribution is 7.92. The van der Waals surface area contributed by atoms with Crippen LogP contribution in [0.5, 0.6) is 0 Å². The van der Waals surface area contributed by atoms with E-state index >= 15 is 4.39 Å². The van der Waals surface area contributed by atoms with E-state index in [2.05, 4.69) is 6.92 Å². The van der Waals surface area contributed by atoms with Crippen LogP contribution in [-0.4, -0.2) is 51.4 Å². The van der Waals surface area contributed by atoms with Crippen LogP contribution in [0.1, 0.15) is 37.3 Å². The van der Waals surface area contributed by atoms with Crippen molar-refractivity contribution >= 4 is 38.9 Å². The van der Waals surface area contributed by atoms with Crippen molar-refractivity contribution in [1.29, 1.82) is 0 Å². The molecule has 6 nitrogen and oxygen atoms in total. The Morgan fingerprint density at radius 3 is 2.39 bits per heavy atom. The lowest BCUT2D eigenvalue weighted by atomic mass is 9.92. The first-order valence-electron chi connectivity index (χ1n) is 11.1. The number of hydrogen-bond acceptors (Lipinski definition) is 4. The fraction of sp³-hybridized carbons (Fsp3) is 0.417. The monoisotopic (exact) mass is 492 g/mol. The van der Waals surface area contributed by atoms with Crippen molar-refractivity contribution in [3.05, 3.63) is 65.3 Å². The molecule has 2 aromatic rings. The number of carbonyl (C=O) groups is 1. The van der Waals surface area contributed by atoms with Crippen LogP contribution in [0.4, 0.5) is 15.8 Å². The maximum Gasteiger partial charge on any atom is 0.239 e. The van der Waals surface area contributed by atoms with Crippen LogP contribution >= 0.6 is 11.6 Å². The summed E-state index contributed by atoms with van der Waals surface area (Å²) in [5, 5.41) is 0.363. The van der Waals surface area contributed by atoms with Gasteiger partial charge in [-0.3, -0.25) is 9.10 Å². The molecule has 2 aliphatic rings. The molecule has 0 aromatic heterocycles. The zero-order valence-corrected chi connectivity index (χ0v) is 20.2. The zero-order valence-electron chi connectivity index (χ0n) is 18.6. The number of rotatable bonds is 6. The third kappa shape index (κ3) is 4.82. The number of anilines is 2. The van der Waals surface area contributed by atoms with Gasteiger partial charge in [0.05, 0.1) is 11.4 Å². The second-order valence-electron chi connectivity index (χ2n) is 8.63. The Hall–Kier alpha value is -2.32. The molecule has 0 atom stereocenters. The van der Waals surface area contributed by atoms with Crippen molar-refractivity contribution in [2.24, 2.45) is 0 Å². The molecule has 33 heavy (non-hydrogen) atoms. The van der Waals surface area contributed by atoms with E-state index < -0.39 is 15.8 Å². The van der Waals surface area contributed by atoms with Gasteiger partial charge in [-0.25, -0.2) is 12.8 Å². The minimum absolute atomic E-state index is 0.00688. The van der Waals surface area contributed by atoms with Crippen molar-refractivity contribution in [3.8, 4) is 0 Å². The Morgan fingerprint density at radius 2 is 1.82 bits per heavy atom. The summed E-state index contributed by atoms with van der Waals surface area (Å²) >= 11 is 6.25. The first-order chi connectivity index (χ1) is 15.7. The van der Waals surface area contributed by atoms with Crippen LogP contribution in [-0.2, 0) is 20.6 Å². The van der Waals surface area contributed by atoms with Crippen LogP contribution in [0.25, 0.3) is 0 Å². The van der Waals surface area contributed by atoms with E-state index in [1.54, 1.807) is 41.3 Å². The Kier molecular flexibility index (Phi) is 6.86. The Bertz CT molecular complexity index is 1150. The van der Waals surface area contributed by atoms with Crippen molar-refractivity contribution in [2.75, 3.05) is 35.4 Å². The summed E-state index contributed by atoms with van der Waals surface area (Å²) in [6, 6.07) is 9.80. The number of amides is 1. The number of piperazine rings is 1. The Balaban J connectivity index is 1.76. The molecule has 177 valence electrons. The fourth-order valence-corrected chi connectivity index (χ4v) is 6.56. The predicted octanol–water partition coefficient (Wildman–Crippen LogP) is 4.22. The Labute approximate surface area is 200 Å². The quantitative estimate of drug-likeness (QED) is 0.605. The van der Waals surface area contributed by atoms with Gasteiger partial charge in [0.25, 0.3) is 0 Å². The maximum atomic E-state index is 15.7. The van der Waals surface area contributed by atoms with Gasteiger partial charge in [0.2, 0.25) is 15.9 Å². The van der Waals surface area contributed by atoms with Gasteiger partial charge in [0, 0.05) is 44.2 Å². The number of benzene rings is 2. The molecular weight excluding hydrogens is 465 g/mol. The highest BCUT2D eigenvalue weighted by atomic mass is 35.5. The van der Waals surface area contributed by atoms with Gasteiger partial charge >= 0.3 is 0 Å². The largest absolute Gasteiger partial charge is 0.366 e. The van der Waals surface area contributed by atoms with E-state index in [1.807, 2.05) is 4.90 Å². The smallest absolute Gasteiger partial charge is 0.239 e. The van der Waals surface area contributed by atoms with Gasteiger partial charge in [-0.05, 0) is 49.4 Å². The van der Waals surface area contributed by atoms with E-state index in [1.165, 1.54) is 11.2 Å². The summed E-state index contributed by atoms with van der Waals surface area (Å²) in [4.78, 5) is 15.4. The summed E-state index contributed by atoms with van der Waals surface area (Å²) in [5.41, 5.74) is 1.19. The number of halogens is 2. The van der Waals surface area contributed by atoms with Gasteiger partial charge in [-0.1, -0.05) is 35.9 Å². The lowest BCUT2D eigenvalue weighted by molar-refractivity contribution is -0.129. The van der Waals surface area contributed by atoms with E-state index in [0.717, 1.165) is 6.42 Å². The molecule has 2 fully saturated rings. The van der Waals surface area contributed by atoms with Gasteiger partial charge in [0.1, 0.15) is 5.69 Å². The average Bonchev–Trinajstić information content (AvgIpc) is 2.74. The number of nitrogens with zero attached hydrogens (tertiary/aromatic N) is 3. The third-order valence-corrected chi connectivity index (χ3v) is 8.59. The molecular formula is C24H28ClFN3O3S. The van der Waals surface area contributed by atoms with Crippen molar-refractivity contribution in [3.63, 3.8) is 0 Å². The summed E-state index contributed by atoms with van der Waals surface area (Å²) in [5.74, 6) is -0.953. The lowest BCUT2D eigenvalue weighted by Crippen LogP contribution is -2.50. The highest BCUT2D eigenvalue weighted by Crippen LogP contribution is 2.42. The topological polar surface area (TPSA) is 60.9 Å². The van der Waals surface area contributed by atoms with E-state index in [4.69, 9.17) is 11.6 Å². The van der Waals surface area contributed by atoms with E-state index in [9.17, 15) is 13.2 Å². The van der Waals surface area contributed by atoms with Crippen LogP contribution in [0.2, 0.25) is 5.02 Å². The van der Waals surface area contributed by atoms with Gasteiger partial charge < -0.3 is 9.80 Å². The minimum atomic E-state index is -3.95. The van der Waals surface area contributed by atoms with Crippen molar-refractivity contribution in [1.82, 2.24) is 4.90 Å². The highest BCUT2D eigenvalue weighted by Gasteiger charge is 2.39. The lowest BCUT2D eigenvalue weighted by Gasteiger charge is -2.42.